The summed E-state index contributed by atoms with van der Waals surface area (Å²) in [4.78, 5) is 14.2. The summed E-state index contributed by atoms with van der Waals surface area (Å²) in [5, 5.41) is 5.89. The number of benzene rings is 1. The van der Waals surface area contributed by atoms with E-state index in [0.29, 0.717) is 13.1 Å². The van der Waals surface area contributed by atoms with E-state index in [0.717, 1.165) is 18.9 Å². The summed E-state index contributed by atoms with van der Waals surface area (Å²) in [7, 11) is 0. The van der Waals surface area contributed by atoms with Crippen LogP contribution in [0.3, 0.4) is 0 Å². The molecule has 4 rings (SSSR count). The zero-order valence-electron chi connectivity index (χ0n) is 14.8. The van der Waals surface area contributed by atoms with Gasteiger partial charge in [0.05, 0.1) is 11.6 Å². The minimum atomic E-state index is -4.39. The summed E-state index contributed by atoms with van der Waals surface area (Å²) in [6, 6.07) is 5.08. The van der Waals surface area contributed by atoms with Crippen molar-refractivity contribution < 1.29 is 22.4 Å². The lowest BCUT2D eigenvalue weighted by molar-refractivity contribution is -0.137. The first-order valence-electron chi connectivity index (χ1n) is 9.42. The van der Waals surface area contributed by atoms with Crippen molar-refractivity contribution in [3.63, 3.8) is 0 Å². The molecule has 2 N–H and O–H groups in total. The fraction of sp³-hybridized carbons (Fsp3) is 0.632. The van der Waals surface area contributed by atoms with Gasteiger partial charge in [-0.1, -0.05) is 12.1 Å². The van der Waals surface area contributed by atoms with Gasteiger partial charge >= 0.3 is 6.18 Å². The Morgan fingerprint density at radius 3 is 2.67 bits per heavy atom. The van der Waals surface area contributed by atoms with Crippen molar-refractivity contribution in [1.82, 2.24) is 10.6 Å². The number of fused-ring (bicyclic) bond motifs is 1. The normalized spacial score (nSPS) is 33.3. The summed E-state index contributed by atoms with van der Waals surface area (Å²) in [5.41, 5.74) is -0.406. The fourth-order valence-corrected chi connectivity index (χ4v) is 4.81. The topological polar surface area (TPSA) is 44.4 Å². The minimum Gasteiger partial charge on any atom is -0.370 e. The molecule has 3 fully saturated rings. The molecule has 1 aromatic rings. The van der Waals surface area contributed by atoms with Crippen molar-refractivity contribution in [2.24, 2.45) is 11.8 Å². The van der Waals surface area contributed by atoms with Crippen LogP contribution in [-0.2, 0) is 11.0 Å². The van der Waals surface area contributed by atoms with E-state index in [4.69, 9.17) is 0 Å². The predicted molar refractivity (Wildman–Crippen MR) is 93.1 cm³/mol. The van der Waals surface area contributed by atoms with E-state index in [9.17, 15) is 22.4 Å². The number of hydrogen-bond acceptors (Lipinski definition) is 3. The number of nitrogens with zero attached hydrogens (tertiary/aromatic N) is 1. The second-order valence-corrected chi connectivity index (χ2v) is 7.83. The molecular formula is C19H23F4N3O. The fourth-order valence-electron chi connectivity index (χ4n) is 4.81. The van der Waals surface area contributed by atoms with Crippen molar-refractivity contribution in [3.8, 4) is 0 Å². The third kappa shape index (κ3) is 3.63. The Morgan fingerprint density at radius 1 is 1.19 bits per heavy atom. The Hall–Kier alpha value is -1.83. The highest BCUT2D eigenvalue weighted by Crippen LogP contribution is 2.43. The lowest BCUT2D eigenvalue weighted by Gasteiger charge is -2.26. The van der Waals surface area contributed by atoms with Crippen molar-refractivity contribution in [2.45, 2.75) is 43.7 Å². The number of para-hydroxylation sites is 1. The quantitative estimate of drug-likeness (QED) is 0.787. The van der Waals surface area contributed by atoms with Crippen molar-refractivity contribution in [2.75, 3.05) is 24.5 Å². The van der Waals surface area contributed by atoms with Crippen LogP contribution >= 0.6 is 0 Å². The maximum absolute atomic E-state index is 13.3. The van der Waals surface area contributed by atoms with E-state index in [1.54, 1.807) is 11.0 Å². The van der Waals surface area contributed by atoms with Crippen LogP contribution in [0.25, 0.3) is 0 Å². The van der Waals surface area contributed by atoms with E-state index in [-0.39, 0.29) is 42.4 Å². The molecule has 0 radical (unpaired) electrons. The average molecular weight is 385 g/mol. The molecule has 0 unspecified atom stereocenters. The van der Waals surface area contributed by atoms with Crippen LogP contribution in [0, 0.1) is 11.8 Å². The number of carbonyl (C=O) groups is 1. The molecule has 2 aliphatic heterocycles. The standard InChI is InChI=1S/C19H23F4N3O/c20-12-7-16(24-8-12)18(27)25-15-6-5-11-9-26(10-13(11)15)17-4-2-1-3-14(17)19(21,22)23/h1-4,11-13,15-16,24H,5-10H2,(H,25,27)/t11-,12-,13+,15+,16+/m1/s1. The zero-order chi connectivity index (χ0) is 19.2. The van der Waals surface area contributed by atoms with Gasteiger partial charge in [0, 0.05) is 43.7 Å². The number of carbonyl (C=O) groups excluding carboxylic acids is 1. The van der Waals surface area contributed by atoms with Gasteiger partial charge in [0.2, 0.25) is 5.91 Å². The van der Waals surface area contributed by atoms with Crippen molar-refractivity contribution in [1.29, 1.82) is 0 Å². The number of anilines is 1. The molecule has 1 aromatic carbocycles. The Kier molecular flexibility index (Phi) is 4.78. The molecule has 1 aliphatic carbocycles. The zero-order valence-corrected chi connectivity index (χ0v) is 14.8. The highest BCUT2D eigenvalue weighted by molar-refractivity contribution is 5.82. The molecule has 1 saturated carbocycles. The second kappa shape index (κ2) is 6.96. The van der Waals surface area contributed by atoms with Crippen LogP contribution in [0.1, 0.15) is 24.8 Å². The van der Waals surface area contributed by atoms with Gasteiger partial charge in [0.15, 0.2) is 0 Å². The van der Waals surface area contributed by atoms with Crippen molar-refractivity contribution in [3.05, 3.63) is 29.8 Å². The number of nitrogens with one attached hydrogen (secondary N) is 2. The lowest BCUT2D eigenvalue weighted by Crippen LogP contribution is -2.47. The molecule has 0 spiro atoms. The van der Waals surface area contributed by atoms with Gasteiger partial charge in [-0.3, -0.25) is 4.79 Å². The highest BCUT2D eigenvalue weighted by atomic mass is 19.4. The molecule has 3 aliphatic rings. The van der Waals surface area contributed by atoms with Crippen molar-refractivity contribution >= 4 is 11.6 Å². The number of hydrogen-bond donors (Lipinski definition) is 2. The molecule has 0 aromatic heterocycles. The summed E-state index contributed by atoms with van der Waals surface area (Å²) in [6.45, 7) is 1.25. The van der Waals surface area contributed by atoms with Crippen LogP contribution in [0.15, 0.2) is 24.3 Å². The van der Waals surface area contributed by atoms with Gasteiger partial charge in [-0.2, -0.15) is 13.2 Å². The summed E-state index contributed by atoms with van der Waals surface area (Å²) < 4.78 is 53.3. The number of halogens is 4. The molecule has 4 nitrogen and oxygen atoms in total. The Bertz CT molecular complexity index is 710. The van der Waals surface area contributed by atoms with Gasteiger partial charge < -0.3 is 15.5 Å². The molecule has 8 heteroatoms. The maximum atomic E-state index is 13.3. The number of alkyl halides is 4. The monoisotopic (exact) mass is 385 g/mol. The van der Waals surface area contributed by atoms with Crippen LogP contribution in [-0.4, -0.2) is 43.8 Å². The summed E-state index contributed by atoms with van der Waals surface area (Å²) >= 11 is 0. The average Bonchev–Trinajstić information content (AvgIpc) is 3.31. The van der Waals surface area contributed by atoms with Crippen LogP contribution in [0.5, 0.6) is 0 Å². The van der Waals surface area contributed by atoms with E-state index in [1.165, 1.54) is 12.1 Å². The lowest BCUT2D eigenvalue weighted by atomic mass is 9.97. The molecule has 0 bridgehead atoms. The smallest absolute Gasteiger partial charge is 0.370 e. The predicted octanol–water partition coefficient (Wildman–Crippen LogP) is 2.74. The molecular weight excluding hydrogens is 362 g/mol. The molecule has 2 heterocycles. The molecule has 148 valence electrons. The minimum absolute atomic E-state index is 0.0639. The molecule has 1 amide bonds. The van der Waals surface area contributed by atoms with E-state index < -0.39 is 24.0 Å². The van der Waals surface area contributed by atoms with Gasteiger partial charge in [-0.25, -0.2) is 4.39 Å². The third-order valence-corrected chi connectivity index (χ3v) is 6.13. The van der Waals surface area contributed by atoms with Crippen LogP contribution in [0.2, 0.25) is 0 Å². The summed E-state index contributed by atoms with van der Waals surface area (Å²) in [5.74, 6) is 0.190. The number of amides is 1. The first-order chi connectivity index (χ1) is 12.8. The largest absolute Gasteiger partial charge is 0.418 e. The first-order valence-corrected chi connectivity index (χ1v) is 9.42. The Labute approximate surface area is 155 Å². The second-order valence-electron chi connectivity index (χ2n) is 7.83. The van der Waals surface area contributed by atoms with Gasteiger partial charge in [-0.05, 0) is 30.9 Å². The summed E-state index contributed by atoms with van der Waals surface area (Å²) in [6.07, 6.45) is -3.51. The molecule has 27 heavy (non-hydrogen) atoms. The first kappa shape index (κ1) is 18.5. The number of rotatable bonds is 3. The van der Waals surface area contributed by atoms with Crippen LogP contribution < -0.4 is 15.5 Å². The van der Waals surface area contributed by atoms with E-state index in [1.807, 2.05) is 0 Å². The van der Waals surface area contributed by atoms with E-state index >= 15 is 0 Å². The Balaban J connectivity index is 1.44. The van der Waals surface area contributed by atoms with Gasteiger partial charge in [0.25, 0.3) is 0 Å². The maximum Gasteiger partial charge on any atom is 0.418 e. The van der Waals surface area contributed by atoms with Crippen LogP contribution in [0.4, 0.5) is 23.2 Å². The van der Waals surface area contributed by atoms with E-state index in [2.05, 4.69) is 10.6 Å². The highest BCUT2D eigenvalue weighted by Gasteiger charge is 2.45. The van der Waals surface area contributed by atoms with Gasteiger partial charge in [0.1, 0.15) is 6.17 Å². The SMILES string of the molecule is O=C(N[C@H]1CC[C@@H]2CN(c3ccccc3C(F)(F)F)C[C@@H]21)[C@@H]1C[C@@H](F)CN1. The molecule has 5 atom stereocenters. The van der Waals surface area contributed by atoms with Gasteiger partial charge in [-0.15, -0.1) is 0 Å². The molecule has 2 saturated heterocycles. The third-order valence-electron chi connectivity index (χ3n) is 6.13. The Morgan fingerprint density at radius 2 is 1.96 bits per heavy atom.